The summed E-state index contributed by atoms with van der Waals surface area (Å²) in [7, 11) is 0. The Morgan fingerprint density at radius 2 is 1.77 bits per heavy atom. The van der Waals surface area contributed by atoms with Crippen molar-refractivity contribution in [1.29, 1.82) is 0 Å². The molecule has 3 aliphatic heterocycles. The van der Waals surface area contributed by atoms with Crippen LogP contribution in [-0.4, -0.2) is 100 Å². The zero-order chi connectivity index (χ0) is 34.0. The van der Waals surface area contributed by atoms with Gasteiger partial charge in [-0.2, -0.15) is 0 Å². The van der Waals surface area contributed by atoms with E-state index in [1.54, 1.807) is 32.6 Å². The second-order valence-electron chi connectivity index (χ2n) is 14.6. The molecule has 3 heterocycles. The second-order valence-corrected chi connectivity index (χ2v) is 14.6. The van der Waals surface area contributed by atoms with Crippen LogP contribution in [0.25, 0.3) is 0 Å². The Morgan fingerprint density at radius 1 is 1.04 bits per heavy atom. The van der Waals surface area contributed by atoms with Crippen LogP contribution in [-0.2, 0) is 14.4 Å². The molecule has 11 nitrogen and oxygen atoms in total. The van der Waals surface area contributed by atoms with E-state index in [-0.39, 0.29) is 48.8 Å². The number of rotatable bonds is 8. The molecule has 0 bridgehead atoms. The van der Waals surface area contributed by atoms with Crippen LogP contribution in [0.15, 0.2) is 12.1 Å². The Hall–Kier alpha value is -3.48. The normalized spacial score (nSPS) is 24.7. The Kier molecular flexibility index (Phi) is 10.6. The molecule has 3 fully saturated rings. The SMILES string of the molecule is C[C@@H](CN(C(=O)O)C(C)(C)C)C(=O)N[C@H](C(=O)N1C[C@H]2CCCN2C[C@H]1C(=O)N[C@@H]1CCOc2cc(F)cc(F)c21)C1CCCCC1. The van der Waals surface area contributed by atoms with Gasteiger partial charge in [0.05, 0.1) is 24.1 Å². The molecule has 1 aromatic rings. The first-order valence-corrected chi connectivity index (χ1v) is 17.0. The molecule has 3 N–H and O–H groups in total. The topological polar surface area (TPSA) is 132 Å². The van der Waals surface area contributed by atoms with Crippen molar-refractivity contribution in [3.8, 4) is 5.75 Å². The number of nitrogens with zero attached hydrogens (tertiary/aromatic N) is 3. The van der Waals surface area contributed by atoms with Crippen LogP contribution in [0.2, 0.25) is 0 Å². The number of hydrogen-bond acceptors (Lipinski definition) is 6. The molecule has 4 aliphatic rings. The van der Waals surface area contributed by atoms with E-state index in [1.807, 2.05) is 0 Å². The number of halogens is 2. The van der Waals surface area contributed by atoms with Gasteiger partial charge in [0.15, 0.2) is 0 Å². The van der Waals surface area contributed by atoms with Gasteiger partial charge in [-0.3, -0.25) is 19.3 Å². The summed E-state index contributed by atoms with van der Waals surface area (Å²) in [6, 6.07) is -0.536. The molecule has 4 amide bonds. The molecular formula is C34H49F2N5O6. The van der Waals surface area contributed by atoms with Crippen LogP contribution >= 0.6 is 0 Å². The molecular weight excluding hydrogens is 612 g/mol. The van der Waals surface area contributed by atoms with Crippen LogP contribution in [0.3, 0.4) is 0 Å². The number of piperazine rings is 1. The summed E-state index contributed by atoms with van der Waals surface area (Å²) in [6.45, 7) is 8.53. The van der Waals surface area contributed by atoms with E-state index >= 15 is 0 Å². The van der Waals surface area contributed by atoms with Crippen LogP contribution in [0.5, 0.6) is 5.75 Å². The Balaban J connectivity index is 1.38. The van der Waals surface area contributed by atoms with E-state index in [1.165, 1.54) is 4.90 Å². The van der Waals surface area contributed by atoms with Crippen molar-refractivity contribution < 1.29 is 37.8 Å². The van der Waals surface area contributed by atoms with Gasteiger partial charge < -0.3 is 30.3 Å². The first-order valence-electron chi connectivity index (χ1n) is 17.0. The van der Waals surface area contributed by atoms with Crippen molar-refractivity contribution in [2.45, 2.75) is 109 Å². The fourth-order valence-corrected chi connectivity index (χ4v) is 7.67. The standard InChI is InChI=1S/C34H49F2N5O6/c1-20(17-41(33(45)46)34(2,3)4)30(42)38-29(21-9-6-5-7-10-21)32(44)40-18-23-11-8-13-39(23)19-26(40)31(43)37-25-12-14-47-27-16-22(35)15-24(36)28(25)27/h15-16,20-21,23,25-26,29H,5-14,17-19H2,1-4H3,(H,37,43)(H,38,42)(H,45,46)/t20-,23+,25+,26-,29-/m0/s1. The van der Waals surface area contributed by atoms with Gasteiger partial charge in [0.2, 0.25) is 17.7 Å². The molecule has 5 rings (SSSR count). The maximum Gasteiger partial charge on any atom is 0.407 e. The number of carbonyl (C=O) groups excluding carboxylic acids is 3. The molecule has 0 aromatic heterocycles. The summed E-state index contributed by atoms with van der Waals surface area (Å²) >= 11 is 0. The number of fused-ring (bicyclic) bond motifs is 2. The highest BCUT2D eigenvalue weighted by Gasteiger charge is 2.46. The number of carboxylic acid groups (broad SMARTS) is 1. The number of hydrogen-bond donors (Lipinski definition) is 3. The zero-order valence-electron chi connectivity index (χ0n) is 27.9. The summed E-state index contributed by atoms with van der Waals surface area (Å²) in [5, 5.41) is 15.7. The quantitative estimate of drug-likeness (QED) is 0.383. The summed E-state index contributed by atoms with van der Waals surface area (Å²) < 4.78 is 34.3. The van der Waals surface area contributed by atoms with Gasteiger partial charge in [-0.05, 0) is 58.9 Å². The van der Waals surface area contributed by atoms with Crippen LogP contribution in [0, 0.1) is 23.5 Å². The summed E-state index contributed by atoms with van der Waals surface area (Å²) in [5.41, 5.74) is -0.631. The lowest BCUT2D eigenvalue weighted by molar-refractivity contribution is -0.150. The predicted molar refractivity (Wildman–Crippen MR) is 170 cm³/mol. The number of ether oxygens (including phenoxy) is 1. The van der Waals surface area contributed by atoms with Crippen molar-refractivity contribution in [2.75, 3.05) is 32.8 Å². The zero-order valence-corrected chi connectivity index (χ0v) is 27.9. The van der Waals surface area contributed by atoms with Crippen molar-refractivity contribution >= 4 is 23.8 Å². The Morgan fingerprint density at radius 3 is 2.45 bits per heavy atom. The average Bonchev–Trinajstić information content (AvgIpc) is 3.48. The minimum atomic E-state index is -1.13. The van der Waals surface area contributed by atoms with Crippen molar-refractivity contribution in [3.63, 3.8) is 0 Å². The van der Waals surface area contributed by atoms with E-state index in [2.05, 4.69) is 15.5 Å². The van der Waals surface area contributed by atoms with E-state index < -0.39 is 59.1 Å². The second kappa shape index (κ2) is 14.3. The lowest BCUT2D eigenvalue weighted by Gasteiger charge is -2.45. The first-order chi connectivity index (χ1) is 22.2. The number of benzene rings is 1. The van der Waals surface area contributed by atoms with Gasteiger partial charge >= 0.3 is 6.09 Å². The van der Waals surface area contributed by atoms with Crippen LogP contribution in [0.4, 0.5) is 13.6 Å². The molecule has 13 heteroatoms. The Bertz CT molecular complexity index is 1350. The lowest BCUT2D eigenvalue weighted by atomic mass is 9.82. The van der Waals surface area contributed by atoms with Crippen LogP contribution < -0.4 is 15.4 Å². The molecule has 0 unspecified atom stereocenters. The molecule has 1 aromatic carbocycles. The highest BCUT2D eigenvalue weighted by molar-refractivity contribution is 5.93. The molecule has 1 saturated carbocycles. The van der Waals surface area contributed by atoms with Gasteiger partial charge in [-0.15, -0.1) is 0 Å². The molecule has 1 aliphatic carbocycles. The van der Waals surface area contributed by atoms with Gasteiger partial charge in [-0.1, -0.05) is 26.2 Å². The highest BCUT2D eigenvalue weighted by Crippen LogP contribution is 2.36. The van der Waals surface area contributed by atoms with E-state index in [0.29, 0.717) is 13.1 Å². The van der Waals surface area contributed by atoms with Crippen molar-refractivity contribution in [3.05, 3.63) is 29.3 Å². The fraction of sp³-hybridized carbons (Fsp3) is 0.706. The molecule has 0 spiro atoms. The van der Waals surface area contributed by atoms with Crippen molar-refractivity contribution in [2.24, 2.45) is 11.8 Å². The highest BCUT2D eigenvalue weighted by atomic mass is 19.1. The smallest absolute Gasteiger partial charge is 0.407 e. The van der Waals surface area contributed by atoms with Crippen LogP contribution in [0.1, 0.15) is 90.7 Å². The minimum absolute atomic E-state index is 0.0327. The van der Waals surface area contributed by atoms with E-state index in [0.717, 1.165) is 63.6 Å². The number of amides is 4. The van der Waals surface area contributed by atoms with Crippen molar-refractivity contribution in [1.82, 2.24) is 25.3 Å². The van der Waals surface area contributed by atoms with E-state index in [4.69, 9.17) is 4.74 Å². The number of carbonyl (C=O) groups is 4. The van der Waals surface area contributed by atoms with Gasteiger partial charge in [0.1, 0.15) is 29.5 Å². The summed E-state index contributed by atoms with van der Waals surface area (Å²) in [5.74, 6) is -3.53. The molecule has 47 heavy (non-hydrogen) atoms. The maximum absolute atomic E-state index is 14.9. The third-order valence-corrected chi connectivity index (χ3v) is 10.3. The molecule has 5 atom stereocenters. The predicted octanol–water partition coefficient (Wildman–Crippen LogP) is 4.06. The average molecular weight is 662 g/mol. The third-order valence-electron chi connectivity index (χ3n) is 10.3. The van der Waals surface area contributed by atoms with Gasteiger partial charge in [0, 0.05) is 49.8 Å². The molecule has 260 valence electrons. The first kappa shape index (κ1) is 34.8. The Labute approximate surface area is 275 Å². The van der Waals surface area contributed by atoms with Gasteiger partial charge in [-0.25, -0.2) is 13.6 Å². The maximum atomic E-state index is 14.9. The number of nitrogens with one attached hydrogen (secondary N) is 2. The largest absolute Gasteiger partial charge is 0.493 e. The van der Waals surface area contributed by atoms with Gasteiger partial charge in [0.25, 0.3) is 0 Å². The molecule has 0 radical (unpaired) electrons. The minimum Gasteiger partial charge on any atom is -0.493 e. The monoisotopic (exact) mass is 661 g/mol. The fourth-order valence-electron chi connectivity index (χ4n) is 7.67. The summed E-state index contributed by atoms with van der Waals surface area (Å²) in [4.78, 5) is 59.3. The lowest BCUT2D eigenvalue weighted by Crippen LogP contribution is -2.66. The molecule has 2 saturated heterocycles. The third kappa shape index (κ3) is 7.81. The van der Waals surface area contributed by atoms with E-state index in [9.17, 15) is 33.1 Å². The summed E-state index contributed by atoms with van der Waals surface area (Å²) in [6.07, 6.45) is 5.38.